The Balaban J connectivity index is 2.21. The predicted molar refractivity (Wildman–Crippen MR) is 69.8 cm³/mol. The summed E-state index contributed by atoms with van der Waals surface area (Å²) < 4.78 is 15.1. The maximum atomic E-state index is 13.0. The lowest BCUT2D eigenvalue weighted by atomic mass is 10.1. The maximum Gasteiger partial charge on any atom is 0.123 e. The Morgan fingerprint density at radius 1 is 1.44 bits per heavy atom. The number of aryl methyl sites for hydroxylation is 1. The van der Waals surface area contributed by atoms with Gasteiger partial charge in [-0.25, -0.2) is 9.37 Å². The molecule has 3 nitrogen and oxygen atoms in total. The molecule has 1 heterocycles. The molecule has 4 heteroatoms. The van der Waals surface area contributed by atoms with Gasteiger partial charge in [0.05, 0.1) is 0 Å². The van der Waals surface area contributed by atoms with E-state index < -0.39 is 0 Å². The third-order valence-corrected chi connectivity index (χ3v) is 2.95. The minimum Gasteiger partial charge on any atom is -0.330 e. The highest BCUT2D eigenvalue weighted by molar-refractivity contribution is 5.27. The van der Waals surface area contributed by atoms with Crippen LogP contribution in [0.3, 0.4) is 0 Å². The van der Waals surface area contributed by atoms with Gasteiger partial charge in [-0.1, -0.05) is 6.07 Å². The third kappa shape index (κ3) is 2.96. The van der Waals surface area contributed by atoms with Crippen LogP contribution < -0.4 is 5.73 Å². The Morgan fingerprint density at radius 3 is 2.89 bits per heavy atom. The van der Waals surface area contributed by atoms with Crippen molar-refractivity contribution in [1.29, 1.82) is 0 Å². The van der Waals surface area contributed by atoms with Crippen molar-refractivity contribution in [2.75, 3.05) is 0 Å². The van der Waals surface area contributed by atoms with Crippen molar-refractivity contribution in [3.05, 3.63) is 53.4 Å². The van der Waals surface area contributed by atoms with Gasteiger partial charge in [-0.15, -0.1) is 0 Å². The summed E-state index contributed by atoms with van der Waals surface area (Å²) in [7, 11) is 0. The third-order valence-electron chi connectivity index (χ3n) is 2.95. The maximum absolute atomic E-state index is 13.0. The fourth-order valence-electron chi connectivity index (χ4n) is 1.98. The van der Waals surface area contributed by atoms with Crippen molar-refractivity contribution < 1.29 is 4.39 Å². The first-order valence-corrected chi connectivity index (χ1v) is 6.07. The number of aromatic nitrogens is 2. The molecule has 96 valence electrons. The van der Waals surface area contributed by atoms with Gasteiger partial charge in [0.2, 0.25) is 0 Å². The van der Waals surface area contributed by atoms with Crippen LogP contribution in [0, 0.1) is 12.7 Å². The molecule has 0 radical (unpaired) electrons. The lowest BCUT2D eigenvalue weighted by Crippen LogP contribution is -2.20. The van der Waals surface area contributed by atoms with Crippen LogP contribution in [-0.4, -0.2) is 15.6 Å². The Labute approximate surface area is 106 Å². The standard InChI is InChI=1S/C14H18FN3/c1-10-7-13(15)4-3-12(10)9-18-6-5-17-14(18)8-11(2)16/h3-7,11H,8-9,16H2,1-2H3. The molecule has 18 heavy (non-hydrogen) atoms. The highest BCUT2D eigenvalue weighted by Crippen LogP contribution is 2.13. The summed E-state index contributed by atoms with van der Waals surface area (Å²) in [5.41, 5.74) is 7.84. The molecule has 1 aromatic heterocycles. The highest BCUT2D eigenvalue weighted by atomic mass is 19.1. The summed E-state index contributed by atoms with van der Waals surface area (Å²) in [4.78, 5) is 4.31. The summed E-state index contributed by atoms with van der Waals surface area (Å²) in [6.07, 6.45) is 4.45. The fraction of sp³-hybridized carbons (Fsp3) is 0.357. The van der Waals surface area contributed by atoms with E-state index in [1.807, 2.05) is 26.1 Å². The summed E-state index contributed by atoms with van der Waals surface area (Å²) in [6.45, 7) is 4.58. The molecule has 0 bridgehead atoms. The van der Waals surface area contributed by atoms with Gasteiger partial charge in [-0.2, -0.15) is 0 Å². The minimum atomic E-state index is -0.197. The van der Waals surface area contributed by atoms with Crippen LogP contribution in [0.1, 0.15) is 23.9 Å². The molecule has 0 saturated heterocycles. The van der Waals surface area contributed by atoms with Crippen molar-refractivity contribution in [3.63, 3.8) is 0 Å². The van der Waals surface area contributed by atoms with Crippen LogP contribution in [0.2, 0.25) is 0 Å². The molecule has 0 aliphatic rings. The van der Waals surface area contributed by atoms with E-state index in [-0.39, 0.29) is 11.9 Å². The lowest BCUT2D eigenvalue weighted by molar-refractivity contribution is 0.622. The fourth-order valence-corrected chi connectivity index (χ4v) is 1.98. The largest absolute Gasteiger partial charge is 0.330 e. The van der Waals surface area contributed by atoms with Gasteiger partial charge >= 0.3 is 0 Å². The monoisotopic (exact) mass is 247 g/mol. The highest BCUT2D eigenvalue weighted by Gasteiger charge is 2.07. The molecule has 1 aromatic carbocycles. The Kier molecular flexibility index (Phi) is 3.77. The number of rotatable bonds is 4. The zero-order valence-corrected chi connectivity index (χ0v) is 10.7. The van der Waals surface area contributed by atoms with E-state index in [4.69, 9.17) is 5.73 Å². The molecule has 1 unspecified atom stereocenters. The van der Waals surface area contributed by atoms with Crippen molar-refractivity contribution in [1.82, 2.24) is 9.55 Å². The van der Waals surface area contributed by atoms with Crippen molar-refractivity contribution in [2.45, 2.75) is 32.9 Å². The second kappa shape index (κ2) is 5.31. The zero-order chi connectivity index (χ0) is 13.1. The molecule has 2 N–H and O–H groups in total. The van der Waals surface area contributed by atoms with Gasteiger partial charge in [-0.3, -0.25) is 0 Å². The number of benzene rings is 1. The van der Waals surface area contributed by atoms with Gasteiger partial charge < -0.3 is 10.3 Å². The molecule has 0 fully saturated rings. The van der Waals surface area contributed by atoms with Crippen LogP contribution >= 0.6 is 0 Å². The smallest absolute Gasteiger partial charge is 0.123 e. The Bertz CT molecular complexity index is 532. The first-order valence-electron chi connectivity index (χ1n) is 6.07. The molecule has 0 spiro atoms. The van der Waals surface area contributed by atoms with E-state index in [0.717, 1.165) is 23.4 Å². The predicted octanol–water partition coefficient (Wildman–Crippen LogP) is 2.27. The number of halogens is 1. The normalized spacial score (nSPS) is 12.7. The molecular formula is C14H18FN3. The first kappa shape index (κ1) is 12.8. The van der Waals surface area contributed by atoms with Crippen molar-refractivity contribution in [2.24, 2.45) is 5.73 Å². The van der Waals surface area contributed by atoms with Crippen molar-refractivity contribution in [3.8, 4) is 0 Å². The Morgan fingerprint density at radius 2 is 2.22 bits per heavy atom. The SMILES string of the molecule is Cc1cc(F)ccc1Cn1ccnc1CC(C)N. The average molecular weight is 247 g/mol. The summed E-state index contributed by atoms with van der Waals surface area (Å²) in [6, 6.07) is 4.95. The minimum absolute atomic E-state index is 0.0838. The van der Waals surface area contributed by atoms with E-state index in [2.05, 4.69) is 9.55 Å². The molecular weight excluding hydrogens is 229 g/mol. The zero-order valence-electron chi connectivity index (χ0n) is 10.7. The second-order valence-corrected chi connectivity index (χ2v) is 4.72. The van der Waals surface area contributed by atoms with Crippen LogP contribution in [0.4, 0.5) is 4.39 Å². The first-order chi connectivity index (χ1) is 8.56. The van der Waals surface area contributed by atoms with Gasteiger partial charge in [0.25, 0.3) is 0 Å². The van der Waals surface area contributed by atoms with E-state index in [9.17, 15) is 4.39 Å². The molecule has 0 amide bonds. The van der Waals surface area contributed by atoms with E-state index in [0.29, 0.717) is 6.54 Å². The van der Waals surface area contributed by atoms with Crippen LogP contribution in [0.15, 0.2) is 30.6 Å². The lowest BCUT2D eigenvalue weighted by Gasteiger charge is -2.11. The van der Waals surface area contributed by atoms with Crippen molar-refractivity contribution >= 4 is 0 Å². The van der Waals surface area contributed by atoms with Crippen LogP contribution in [0.5, 0.6) is 0 Å². The average Bonchev–Trinajstić information content (AvgIpc) is 2.69. The van der Waals surface area contributed by atoms with E-state index in [1.54, 1.807) is 12.3 Å². The van der Waals surface area contributed by atoms with E-state index in [1.165, 1.54) is 6.07 Å². The molecule has 0 aliphatic heterocycles. The number of nitrogens with zero attached hydrogens (tertiary/aromatic N) is 2. The van der Waals surface area contributed by atoms with E-state index >= 15 is 0 Å². The van der Waals surface area contributed by atoms with Gasteiger partial charge in [0.15, 0.2) is 0 Å². The van der Waals surface area contributed by atoms with Gasteiger partial charge in [0, 0.05) is 31.4 Å². The molecule has 0 saturated carbocycles. The number of hydrogen-bond acceptors (Lipinski definition) is 2. The molecule has 2 aromatic rings. The molecule has 2 rings (SSSR count). The number of imidazole rings is 1. The quantitative estimate of drug-likeness (QED) is 0.900. The van der Waals surface area contributed by atoms with Crippen LogP contribution in [0.25, 0.3) is 0 Å². The topological polar surface area (TPSA) is 43.8 Å². The summed E-state index contributed by atoms with van der Waals surface area (Å²) in [5.74, 6) is 0.770. The molecule has 0 aliphatic carbocycles. The number of nitrogens with two attached hydrogens (primary N) is 1. The molecule has 1 atom stereocenters. The second-order valence-electron chi connectivity index (χ2n) is 4.72. The summed E-state index contributed by atoms with van der Waals surface area (Å²) >= 11 is 0. The summed E-state index contributed by atoms with van der Waals surface area (Å²) in [5, 5.41) is 0. The van der Waals surface area contributed by atoms with Gasteiger partial charge in [-0.05, 0) is 37.1 Å². The van der Waals surface area contributed by atoms with Crippen LogP contribution in [-0.2, 0) is 13.0 Å². The van der Waals surface area contributed by atoms with Gasteiger partial charge in [0.1, 0.15) is 11.6 Å². The number of hydrogen-bond donors (Lipinski definition) is 1. The Hall–Kier alpha value is -1.68.